The maximum atomic E-state index is 2.49. The minimum atomic E-state index is 0.614. The Hall–Kier alpha value is -5.14. The Morgan fingerprint density at radius 1 is 0.404 bits per heavy atom. The molecule has 1 heteroatoms. The molecular weight excluding hydrogens is 567 g/mol. The van der Waals surface area contributed by atoms with Crippen LogP contribution < -0.4 is 0 Å². The van der Waals surface area contributed by atoms with E-state index in [1.54, 1.807) is 0 Å². The molecular formula is C46H41N. The second-order valence-electron chi connectivity index (χ2n) is 14.0. The van der Waals surface area contributed by atoms with Crippen molar-refractivity contribution in [1.29, 1.82) is 0 Å². The standard InChI is InChI=1S/C46H41N/c1-30(2)25-32-19-23-43-40(27-32)41-28-33(26-31(3)4)20-24-44(41)47(43)36-21-22-39-42(29-36)46(35-15-9-6-10-16-35)38-18-12-11-17-37(38)45(39)34-13-7-5-8-14-34/h5-24,27-31H,25-26H2,1-4H3. The molecule has 7 aromatic carbocycles. The molecule has 230 valence electrons. The number of fused-ring (bicyclic) bond motifs is 5. The first kappa shape index (κ1) is 29.3. The van der Waals surface area contributed by atoms with E-state index in [1.807, 2.05) is 0 Å². The van der Waals surface area contributed by atoms with Crippen LogP contribution in [-0.2, 0) is 12.8 Å². The highest BCUT2D eigenvalue weighted by Crippen LogP contribution is 2.45. The van der Waals surface area contributed by atoms with E-state index < -0.39 is 0 Å². The van der Waals surface area contributed by atoms with E-state index in [4.69, 9.17) is 0 Å². The van der Waals surface area contributed by atoms with Gasteiger partial charge in [0.1, 0.15) is 0 Å². The van der Waals surface area contributed by atoms with Gasteiger partial charge < -0.3 is 4.57 Å². The third kappa shape index (κ3) is 5.21. The van der Waals surface area contributed by atoms with Crippen molar-refractivity contribution in [3.8, 4) is 27.9 Å². The first-order chi connectivity index (χ1) is 23.0. The van der Waals surface area contributed by atoms with Gasteiger partial charge in [0.15, 0.2) is 0 Å². The Labute approximate surface area is 278 Å². The summed E-state index contributed by atoms with van der Waals surface area (Å²) >= 11 is 0. The van der Waals surface area contributed by atoms with E-state index in [1.165, 1.54) is 82.4 Å². The van der Waals surface area contributed by atoms with Gasteiger partial charge in [0.05, 0.1) is 11.0 Å². The van der Waals surface area contributed by atoms with Crippen LogP contribution in [0.2, 0.25) is 0 Å². The molecule has 8 rings (SSSR count). The molecule has 0 bridgehead atoms. The summed E-state index contributed by atoms with van der Waals surface area (Å²) in [7, 11) is 0. The SMILES string of the molecule is CC(C)Cc1ccc2c(c1)c1cc(CC(C)C)ccc1n2-c1ccc2c(-c3ccccc3)c3ccccc3c(-c3ccccc3)c2c1. The van der Waals surface area contributed by atoms with Gasteiger partial charge in [-0.15, -0.1) is 0 Å². The predicted octanol–water partition coefficient (Wildman–Crippen LogP) is 12.8. The molecule has 0 aliphatic rings. The van der Waals surface area contributed by atoms with Crippen molar-refractivity contribution in [2.75, 3.05) is 0 Å². The fourth-order valence-corrected chi connectivity index (χ4v) is 7.73. The van der Waals surface area contributed by atoms with Crippen LogP contribution >= 0.6 is 0 Å². The molecule has 0 aliphatic heterocycles. The quantitative estimate of drug-likeness (QED) is 0.159. The van der Waals surface area contributed by atoms with Gasteiger partial charge in [-0.05, 0) is 116 Å². The largest absolute Gasteiger partial charge is 0.309 e. The molecule has 0 saturated heterocycles. The Morgan fingerprint density at radius 2 is 0.851 bits per heavy atom. The minimum Gasteiger partial charge on any atom is -0.309 e. The maximum Gasteiger partial charge on any atom is 0.0541 e. The van der Waals surface area contributed by atoms with Crippen molar-refractivity contribution in [3.63, 3.8) is 0 Å². The monoisotopic (exact) mass is 607 g/mol. The molecule has 0 aliphatic carbocycles. The summed E-state index contributed by atoms with van der Waals surface area (Å²) in [6.45, 7) is 9.23. The number of aromatic nitrogens is 1. The molecule has 0 fully saturated rings. The van der Waals surface area contributed by atoms with Crippen molar-refractivity contribution in [2.24, 2.45) is 11.8 Å². The molecule has 1 aromatic heterocycles. The van der Waals surface area contributed by atoms with Crippen LogP contribution in [0.4, 0.5) is 0 Å². The number of hydrogen-bond acceptors (Lipinski definition) is 0. The van der Waals surface area contributed by atoms with Gasteiger partial charge in [0.25, 0.3) is 0 Å². The fourth-order valence-electron chi connectivity index (χ4n) is 7.73. The van der Waals surface area contributed by atoms with E-state index in [-0.39, 0.29) is 0 Å². The number of benzene rings is 7. The maximum absolute atomic E-state index is 2.49. The van der Waals surface area contributed by atoms with E-state index >= 15 is 0 Å². The van der Waals surface area contributed by atoms with Gasteiger partial charge in [0, 0.05) is 16.5 Å². The van der Waals surface area contributed by atoms with Crippen molar-refractivity contribution < 1.29 is 0 Å². The van der Waals surface area contributed by atoms with Gasteiger partial charge in [-0.25, -0.2) is 0 Å². The normalized spacial score (nSPS) is 12.0. The van der Waals surface area contributed by atoms with E-state index in [2.05, 4.69) is 172 Å². The highest BCUT2D eigenvalue weighted by Gasteiger charge is 2.19. The molecule has 0 amide bonds. The Kier molecular flexibility index (Phi) is 7.41. The molecule has 1 heterocycles. The first-order valence-electron chi connectivity index (χ1n) is 17.1. The van der Waals surface area contributed by atoms with Crippen LogP contribution in [-0.4, -0.2) is 4.57 Å². The van der Waals surface area contributed by atoms with E-state index in [0.29, 0.717) is 11.8 Å². The summed E-state index contributed by atoms with van der Waals surface area (Å²) in [5, 5.41) is 7.79. The zero-order valence-electron chi connectivity index (χ0n) is 27.8. The highest BCUT2D eigenvalue weighted by atomic mass is 15.0. The van der Waals surface area contributed by atoms with Gasteiger partial charge >= 0.3 is 0 Å². The molecule has 0 saturated carbocycles. The van der Waals surface area contributed by atoms with Crippen molar-refractivity contribution >= 4 is 43.4 Å². The smallest absolute Gasteiger partial charge is 0.0541 e. The first-order valence-corrected chi connectivity index (χ1v) is 17.1. The summed E-state index contributed by atoms with van der Waals surface area (Å²) in [5.74, 6) is 1.23. The minimum absolute atomic E-state index is 0.614. The summed E-state index contributed by atoms with van der Waals surface area (Å²) < 4.78 is 2.49. The molecule has 0 atom stereocenters. The van der Waals surface area contributed by atoms with Gasteiger partial charge in [-0.3, -0.25) is 0 Å². The summed E-state index contributed by atoms with van der Waals surface area (Å²) in [4.78, 5) is 0. The Balaban J connectivity index is 1.47. The second-order valence-corrected chi connectivity index (χ2v) is 14.0. The Bertz CT molecular complexity index is 2320. The highest BCUT2D eigenvalue weighted by molar-refractivity contribution is 6.22. The van der Waals surface area contributed by atoms with Crippen LogP contribution in [0.1, 0.15) is 38.8 Å². The second kappa shape index (κ2) is 11.9. The van der Waals surface area contributed by atoms with Crippen LogP contribution in [0, 0.1) is 11.8 Å². The van der Waals surface area contributed by atoms with Crippen LogP contribution in [0.25, 0.3) is 71.3 Å². The number of rotatable bonds is 7. The zero-order valence-corrected chi connectivity index (χ0v) is 27.8. The topological polar surface area (TPSA) is 4.93 Å². The van der Waals surface area contributed by atoms with Crippen LogP contribution in [0.15, 0.2) is 140 Å². The molecule has 8 aromatic rings. The van der Waals surface area contributed by atoms with Gasteiger partial charge in [-0.2, -0.15) is 0 Å². The van der Waals surface area contributed by atoms with Gasteiger partial charge in [-0.1, -0.05) is 131 Å². The lowest BCUT2D eigenvalue weighted by atomic mass is 9.86. The van der Waals surface area contributed by atoms with Crippen LogP contribution in [0.5, 0.6) is 0 Å². The lowest BCUT2D eigenvalue weighted by Gasteiger charge is -2.19. The third-order valence-electron chi connectivity index (χ3n) is 9.57. The summed E-state index contributed by atoms with van der Waals surface area (Å²) in [6, 6.07) is 52.2. The molecule has 0 N–H and O–H groups in total. The molecule has 1 nitrogen and oxygen atoms in total. The Morgan fingerprint density at radius 3 is 1.34 bits per heavy atom. The van der Waals surface area contributed by atoms with Crippen molar-refractivity contribution in [3.05, 3.63) is 151 Å². The molecule has 0 radical (unpaired) electrons. The average Bonchev–Trinajstić information content (AvgIpc) is 3.40. The van der Waals surface area contributed by atoms with Gasteiger partial charge in [0.2, 0.25) is 0 Å². The lowest BCUT2D eigenvalue weighted by molar-refractivity contribution is 0.647. The predicted molar refractivity (Wildman–Crippen MR) is 204 cm³/mol. The molecule has 0 spiro atoms. The third-order valence-corrected chi connectivity index (χ3v) is 9.57. The lowest BCUT2D eigenvalue weighted by Crippen LogP contribution is -1.97. The number of nitrogens with zero attached hydrogens (tertiary/aromatic N) is 1. The fraction of sp³-hybridized carbons (Fsp3) is 0.174. The molecule has 47 heavy (non-hydrogen) atoms. The summed E-state index contributed by atoms with van der Waals surface area (Å²) in [5.41, 5.74) is 11.6. The van der Waals surface area contributed by atoms with Crippen LogP contribution in [0.3, 0.4) is 0 Å². The number of hydrogen-bond donors (Lipinski definition) is 0. The van der Waals surface area contributed by atoms with Crippen molar-refractivity contribution in [1.82, 2.24) is 4.57 Å². The van der Waals surface area contributed by atoms with Crippen molar-refractivity contribution in [2.45, 2.75) is 40.5 Å². The van der Waals surface area contributed by atoms with E-state index in [0.717, 1.165) is 12.8 Å². The van der Waals surface area contributed by atoms with E-state index in [9.17, 15) is 0 Å². The molecule has 0 unspecified atom stereocenters. The average molecular weight is 608 g/mol. The summed E-state index contributed by atoms with van der Waals surface area (Å²) in [6.07, 6.45) is 2.17. The zero-order chi connectivity index (χ0) is 32.1.